The van der Waals surface area contributed by atoms with Gasteiger partial charge in [0.05, 0.1) is 0 Å². The second-order valence-corrected chi connectivity index (χ2v) is 3.83. The highest BCUT2D eigenvalue weighted by Gasteiger charge is 2.03. The van der Waals surface area contributed by atoms with Crippen LogP contribution in [0.3, 0.4) is 0 Å². The van der Waals surface area contributed by atoms with Gasteiger partial charge in [0.1, 0.15) is 15.7 Å². The molecule has 0 saturated heterocycles. The highest BCUT2D eigenvalue weighted by atomic mass is 16.1. The molecule has 1 rings (SSSR count). The third-order valence-corrected chi connectivity index (χ3v) is 2.56. The molecule has 0 aliphatic rings. The molecule has 4 heteroatoms. The van der Waals surface area contributed by atoms with Crippen molar-refractivity contribution < 1.29 is 4.79 Å². The molecule has 0 saturated carbocycles. The van der Waals surface area contributed by atoms with Gasteiger partial charge in [-0.1, -0.05) is 34.2 Å². The molecular formula is C10H15B2NO. The monoisotopic (exact) mass is 187 g/mol. The van der Waals surface area contributed by atoms with Gasteiger partial charge in [0, 0.05) is 6.42 Å². The van der Waals surface area contributed by atoms with Crippen LogP contribution in [-0.4, -0.2) is 21.6 Å². The molecule has 0 fully saturated rings. The maximum atomic E-state index is 10.7. The van der Waals surface area contributed by atoms with E-state index in [0.29, 0.717) is 6.42 Å². The van der Waals surface area contributed by atoms with E-state index in [0.717, 1.165) is 6.42 Å². The predicted molar refractivity (Wildman–Crippen MR) is 65.1 cm³/mol. The van der Waals surface area contributed by atoms with E-state index in [1.807, 2.05) is 0 Å². The fraction of sp³-hybridized carbons (Fsp3) is 0.300. The third kappa shape index (κ3) is 2.66. The fourth-order valence-corrected chi connectivity index (χ4v) is 1.65. The first kappa shape index (κ1) is 10.9. The molecule has 14 heavy (non-hydrogen) atoms. The third-order valence-electron chi connectivity index (χ3n) is 2.56. The van der Waals surface area contributed by atoms with E-state index in [1.165, 1.54) is 22.1 Å². The average molecular weight is 187 g/mol. The summed E-state index contributed by atoms with van der Waals surface area (Å²) in [5.41, 5.74) is 10.2. The second-order valence-electron chi connectivity index (χ2n) is 3.83. The minimum absolute atomic E-state index is 0.233. The van der Waals surface area contributed by atoms with Gasteiger partial charge in [-0.05, 0) is 13.3 Å². The molecule has 0 aliphatic heterocycles. The van der Waals surface area contributed by atoms with Crippen molar-refractivity contribution in [1.29, 1.82) is 0 Å². The summed E-state index contributed by atoms with van der Waals surface area (Å²) in [6.07, 6.45) is 1.19. The molecule has 0 radical (unpaired) electrons. The van der Waals surface area contributed by atoms with E-state index in [1.54, 1.807) is 0 Å². The van der Waals surface area contributed by atoms with Gasteiger partial charge < -0.3 is 5.73 Å². The van der Waals surface area contributed by atoms with Crippen LogP contribution in [0.25, 0.3) is 0 Å². The summed E-state index contributed by atoms with van der Waals surface area (Å²) in [4.78, 5) is 10.7. The number of amides is 1. The lowest BCUT2D eigenvalue weighted by molar-refractivity contribution is -0.117. The van der Waals surface area contributed by atoms with Crippen LogP contribution in [0.4, 0.5) is 0 Å². The molecule has 72 valence electrons. The molecule has 0 bridgehead atoms. The Bertz CT molecular complexity index is 363. The zero-order valence-corrected chi connectivity index (χ0v) is 9.05. The number of hydrogen-bond acceptors (Lipinski definition) is 1. The largest absolute Gasteiger partial charge is 0.370 e. The van der Waals surface area contributed by atoms with Crippen LogP contribution in [0.2, 0.25) is 0 Å². The lowest BCUT2D eigenvalue weighted by Gasteiger charge is -2.09. The Morgan fingerprint density at radius 3 is 2.64 bits per heavy atom. The smallest absolute Gasteiger partial charge is 0.217 e. The van der Waals surface area contributed by atoms with E-state index in [2.05, 4.69) is 34.7 Å². The van der Waals surface area contributed by atoms with Gasteiger partial charge in [0.25, 0.3) is 0 Å². The van der Waals surface area contributed by atoms with Crippen molar-refractivity contribution in [3.8, 4) is 0 Å². The molecule has 0 aromatic heterocycles. The minimum Gasteiger partial charge on any atom is -0.370 e. The van der Waals surface area contributed by atoms with E-state index in [4.69, 9.17) is 5.73 Å². The van der Waals surface area contributed by atoms with E-state index in [9.17, 15) is 4.79 Å². The number of rotatable bonds is 3. The number of carbonyl (C=O) groups excluding carboxylic acids is 1. The van der Waals surface area contributed by atoms with Crippen molar-refractivity contribution in [1.82, 2.24) is 0 Å². The lowest BCUT2D eigenvalue weighted by Crippen LogP contribution is -2.22. The quantitative estimate of drug-likeness (QED) is 0.542. The van der Waals surface area contributed by atoms with E-state index < -0.39 is 0 Å². The molecule has 1 aromatic carbocycles. The zero-order chi connectivity index (χ0) is 10.7. The molecule has 2 nitrogen and oxygen atoms in total. The first-order valence-corrected chi connectivity index (χ1v) is 4.85. The fourth-order valence-electron chi connectivity index (χ4n) is 1.65. The highest BCUT2D eigenvalue weighted by molar-refractivity contribution is 6.37. The van der Waals surface area contributed by atoms with E-state index >= 15 is 0 Å². The van der Waals surface area contributed by atoms with Crippen LogP contribution >= 0.6 is 0 Å². The van der Waals surface area contributed by atoms with Crippen LogP contribution in [0.1, 0.15) is 17.5 Å². The summed E-state index contributed by atoms with van der Waals surface area (Å²) in [6.45, 7) is 2.09. The van der Waals surface area contributed by atoms with Crippen LogP contribution in [-0.2, 0) is 11.2 Å². The summed E-state index contributed by atoms with van der Waals surface area (Å²) >= 11 is 0. The van der Waals surface area contributed by atoms with Crippen molar-refractivity contribution in [2.75, 3.05) is 0 Å². The predicted octanol–water partition coefficient (Wildman–Crippen LogP) is -2.07. The number of benzene rings is 1. The molecule has 1 amide bonds. The van der Waals surface area contributed by atoms with E-state index in [-0.39, 0.29) is 5.91 Å². The molecule has 0 atom stereocenters. The number of hydrogen-bond donors (Lipinski definition) is 1. The molecule has 0 spiro atoms. The zero-order valence-electron chi connectivity index (χ0n) is 9.05. The Hall–Kier alpha value is -1.18. The summed E-state index contributed by atoms with van der Waals surface area (Å²) in [6, 6.07) is 4.29. The first-order chi connectivity index (χ1) is 6.50. The summed E-state index contributed by atoms with van der Waals surface area (Å²) < 4.78 is 0. The number of nitrogens with two attached hydrogens (primary N) is 1. The van der Waals surface area contributed by atoms with Crippen molar-refractivity contribution in [3.63, 3.8) is 0 Å². The van der Waals surface area contributed by atoms with Crippen LogP contribution in [0.5, 0.6) is 0 Å². The van der Waals surface area contributed by atoms with Gasteiger partial charge in [-0.3, -0.25) is 4.79 Å². The van der Waals surface area contributed by atoms with Gasteiger partial charge in [0.2, 0.25) is 5.91 Å². The van der Waals surface area contributed by atoms with Crippen LogP contribution in [0, 0.1) is 6.92 Å². The van der Waals surface area contributed by atoms with Crippen molar-refractivity contribution >= 4 is 32.5 Å². The number of aryl methyl sites for hydroxylation is 2. The number of primary amides is 1. The Balaban J connectivity index is 2.90. The van der Waals surface area contributed by atoms with Crippen molar-refractivity contribution in [2.45, 2.75) is 19.8 Å². The summed E-state index contributed by atoms with van der Waals surface area (Å²) in [5.74, 6) is -0.233. The maximum absolute atomic E-state index is 10.7. The van der Waals surface area contributed by atoms with Gasteiger partial charge in [0.15, 0.2) is 0 Å². The normalized spacial score (nSPS) is 10.1. The summed E-state index contributed by atoms with van der Waals surface area (Å²) in [5, 5.41) is 0. The van der Waals surface area contributed by atoms with Crippen molar-refractivity contribution in [2.24, 2.45) is 5.73 Å². The summed E-state index contributed by atoms with van der Waals surface area (Å²) in [7, 11) is 4.16. The maximum Gasteiger partial charge on any atom is 0.217 e. The first-order valence-electron chi connectivity index (χ1n) is 4.85. The standard InChI is InChI=1S/C10H15B2NO/c1-6-4-8(11)5-7(10(6)12)2-3-9(13)14/h4-5H,2-3,11-12H2,1H3,(H2,13,14). The molecule has 0 unspecified atom stereocenters. The van der Waals surface area contributed by atoms with Gasteiger partial charge in [-0.25, -0.2) is 0 Å². The second kappa shape index (κ2) is 4.36. The topological polar surface area (TPSA) is 43.1 Å². The Morgan fingerprint density at radius 1 is 1.43 bits per heavy atom. The molecule has 0 aliphatic carbocycles. The van der Waals surface area contributed by atoms with Gasteiger partial charge in [-0.2, -0.15) is 0 Å². The van der Waals surface area contributed by atoms with Crippen LogP contribution in [0.15, 0.2) is 12.1 Å². The Kier molecular flexibility index (Phi) is 3.39. The van der Waals surface area contributed by atoms with Crippen molar-refractivity contribution in [3.05, 3.63) is 23.3 Å². The van der Waals surface area contributed by atoms with Gasteiger partial charge in [-0.15, -0.1) is 0 Å². The molecule has 0 heterocycles. The van der Waals surface area contributed by atoms with Gasteiger partial charge >= 0.3 is 0 Å². The molecular weight excluding hydrogens is 172 g/mol. The Labute approximate surface area is 86.7 Å². The lowest BCUT2D eigenvalue weighted by atomic mass is 9.80. The van der Waals surface area contributed by atoms with Crippen LogP contribution < -0.4 is 16.7 Å². The molecule has 2 N–H and O–H groups in total. The highest BCUT2D eigenvalue weighted by Crippen LogP contribution is 2.00. The SMILES string of the molecule is Bc1cc(C)c(B)c(CCC(N)=O)c1. The average Bonchev–Trinajstić information content (AvgIpc) is 2.08. The molecule has 1 aromatic rings. The Morgan fingerprint density at radius 2 is 2.07 bits per heavy atom. The minimum atomic E-state index is -0.233. The number of carbonyl (C=O) groups is 1.